The molecule has 1 N–H and O–H groups in total. The fraction of sp³-hybridized carbons (Fsp3) is 0.524. The minimum absolute atomic E-state index is 0.0604. The monoisotopic (exact) mass is 391 g/mol. The number of pyridine rings is 1. The van der Waals surface area contributed by atoms with Crippen LogP contribution in [0.4, 0.5) is 10.5 Å². The quantitative estimate of drug-likeness (QED) is 0.847. The molecule has 0 spiro atoms. The average Bonchev–Trinajstić information content (AvgIpc) is 3.39. The van der Waals surface area contributed by atoms with Crippen molar-refractivity contribution in [1.29, 1.82) is 10.5 Å². The number of fused-ring (bicyclic) bond motifs is 1. The Morgan fingerprint density at radius 3 is 2.62 bits per heavy atom. The van der Waals surface area contributed by atoms with Crippen LogP contribution in [0.3, 0.4) is 0 Å². The largest absolute Gasteiger partial charge is 0.369 e. The number of hydrogen-bond donors (Lipinski definition) is 1. The molecule has 0 saturated carbocycles. The first kappa shape index (κ1) is 19.1. The van der Waals surface area contributed by atoms with E-state index in [1.54, 1.807) is 11.1 Å². The van der Waals surface area contributed by atoms with E-state index in [-0.39, 0.29) is 12.1 Å². The second-order valence-corrected chi connectivity index (χ2v) is 8.12. The fourth-order valence-corrected chi connectivity index (χ4v) is 4.58. The second kappa shape index (κ2) is 7.63. The van der Waals surface area contributed by atoms with Crippen molar-refractivity contribution in [2.45, 2.75) is 19.4 Å². The van der Waals surface area contributed by atoms with Gasteiger partial charge in [0.25, 0.3) is 0 Å². The third kappa shape index (κ3) is 3.36. The number of nitrogens with zero attached hydrogens (tertiary/aromatic N) is 6. The second-order valence-electron chi connectivity index (χ2n) is 8.12. The van der Waals surface area contributed by atoms with Crippen LogP contribution >= 0.6 is 0 Å². The Morgan fingerprint density at radius 1 is 1.21 bits per heavy atom. The number of carbonyl (C=O) groups excluding carboxylic acids is 1. The summed E-state index contributed by atoms with van der Waals surface area (Å²) >= 11 is 0. The lowest BCUT2D eigenvalue weighted by atomic mass is 9.92. The standard InChI is InChI=1S/C21H25N7O/c1-14-5-8-27(21(29)28-11-15(9-22)16(10-23)12-28)13-19(14)26(2)18-4-7-25-20-17(18)3-6-24-20/h3-4,6-7,14-16,19H,5,8,11-13H2,1-2H3,(H,24,25)/t14-,15?,16?,19+/m1/s1. The van der Waals surface area contributed by atoms with E-state index in [1.807, 2.05) is 23.2 Å². The molecule has 0 radical (unpaired) electrons. The number of nitrogens with one attached hydrogen (secondary N) is 1. The summed E-state index contributed by atoms with van der Waals surface area (Å²) in [6.07, 6.45) is 4.61. The summed E-state index contributed by atoms with van der Waals surface area (Å²) in [7, 11) is 2.07. The van der Waals surface area contributed by atoms with Crippen LogP contribution in [0.2, 0.25) is 0 Å². The number of aromatic amines is 1. The van der Waals surface area contributed by atoms with Gasteiger partial charge in [0.1, 0.15) is 5.65 Å². The van der Waals surface area contributed by atoms with E-state index < -0.39 is 11.8 Å². The van der Waals surface area contributed by atoms with Crippen molar-refractivity contribution >= 4 is 22.8 Å². The van der Waals surface area contributed by atoms with Crippen molar-refractivity contribution in [3.05, 3.63) is 24.5 Å². The zero-order valence-corrected chi connectivity index (χ0v) is 16.7. The van der Waals surface area contributed by atoms with Crippen molar-refractivity contribution in [2.24, 2.45) is 17.8 Å². The van der Waals surface area contributed by atoms with E-state index in [0.717, 1.165) is 23.1 Å². The van der Waals surface area contributed by atoms with Crippen LogP contribution in [-0.4, -0.2) is 65.1 Å². The summed E-state index contributed by atoms with van der Waals surface area (Å²) in [5.74, 6) is -0.363. The zero-order chi connectivity index (χ0) is 20.5. The number of nitriles is 2. The molecule has 0 bridgehead atoms. The zero-order valence-electron chi connectivity index (χ0n) is 16.7. The van der Waals surface area contributed by atoms with Crippen molar-refractivity contribution in [3.8, 4) is 12.1 Å². The van der Waals surface area contributed by atoms with Crippen LogP contribution in [-0.2, 0) is 0 Å². The molecule has 2 aromatic heterocycles. The highest BCUT2D eigenvalue weighted by atomic mass is 16.2. The number of anilines is 1. The van der Waals surface area contributed by atoms with Gasteiger partial charge >= 0.3 is 6.03 Å². The topological polar surface area (TPSA) is 103 Å². The molecule has 2 saturated heterocycles. The van der Waals surface area contributed by atoms with Gasteiger partial charge in [0.15, 0.2) is 0 Å². The SMILES string of the molecule is C[C@@H]1CCN(C(=O)N2CC(C#N)C(C#N)C2)C[C@@H]1N(C)c1ccnc2[nH]ccc12. The minimum atomic E-state index is -0.398. The van der Waals surface area contributed by atoms with Crippen LogP contribution in [0, 0.1) is 40.4 Å². The van der Waals surface area contributed by atoms with E-state index in [0.29, 0.717) is 32.1 Å². The molecule has 0 aromatic carbocycles. The van der Waals surface area contributed by atoms with Crippen LogP contribution < -0.4 is 4.90 Å². The summed E-state index contributed by atoms with van der Waals surface area (Å²) in [6, 6.07) is 8.50. The Balaban J connectivity index is 1.51. The number of hydrogen-bond acceptors (Lipinski definition) is 5. The summed E-state index contributed by atoms with van der Waals surface area (Å²) in [5.41, 5.74) is 1.95. The fourth-order valence-electron chi connectivity index (χ4n) is 4.58. The Hall–Kier alpha value is -3.26. The normalized spacial score (nSPS) is 26.9. The first-order chi connectivity index (χ1) is 14.0. The Bertz CT molecular complexity index is 965. The predicted octanol–water partition coefficient (Wildman–Crippen LogP) is 2.42. The molecule has 4 rings (SSSR count). The number of H-pyrrole nitrogens is 1. The molecule has 4 atom stereocenters. The number of carbonyl (C=O) groups is 1. The highest BCUT2D eigenvalue weighted by Gasteiger charge is 2.39. The van der Waals surface area contributed by atoms with Crippen LogP contribution in [0.25, 0.3) is 11.0 Å². The molecule has 29 heavy (non-hydrogen) atoms. The van der Waals surface area contributed by atoms with Crippen LogP contribution in [0.1, 0.15) is 13.3 Å². The average molecular weight is 391 g/mol. The van der Waals surface area contributed by atoms with Gasteiger partial charge in [-0.1, -0.05) is 6.92 Å². The third-order valence-electron chi connectivity index (χ3n) is 6.43. The lowest BCUT2D eigenvalue weighted by Crippen LogP contribution is -2.55. The van der Waals surface area contributed by atoms with Gasteiger partial charge in [-0.2, -0.15) is 10.5 Å². The molecule has 2 fully saturated rings. The summed E-state index contributed by atoms with van der Waals surface area (Å²) in [5, 5.41) is 19.6. The summed E-state index contributed by atoms with van der Waals surface area (Å²) in [4.78, 5) is 26.4. The number of rotatable bonds is 2. The Morgan fingerprint density at radius 2 is 1.93 bits per heavy atom. The summed E-state index contributed by atoms with van der Waals surface area (Å²) < 4.78 is 0. The number of likely N-dealkylation sites (N-methyl/N-ethyl adjacent to an activating group) is 1. The highest BCUT2D eigenvalue weighted by molar-refractivity contribution is 5.89. The number of urea groups is 1. The molecule has 2 amide bonds. The van der Waals surface area contributed by atoms with Gasteiger partial charge in [-0.3, -0.25) is 0 Å². The maximum absolute atomic E-state index is 13.1. The number of amides is 2. The van der Waals surface area contributed by atoms with Crippen molar-refractivity contribution in [1.82, 2.24) is 19.8 Å². The van der Waals surface area contributed by atoms with Gasteiger partial charge in [-0.05, 0) is 24.5 Å². The molecule has 2 aliphatic rings. The maximum atomic E-state index is 13.1. The number of likely N-dealkylation sites (tertiary alicyclic amines) is 2. The first-order valence-corrected chi connectivity index (χ1v) is 10.0. The highest BCUT2D eigenvalue weighted by Crippen LogP contribution is 2.31. The number of aromatic nitrogens is 2. The molecular formula is C21H25N7O. The van der Waals surface area contributed by atoms with Gasteiger partial charge in [0, 0.05) is 62.7 Å². The van der Waals surface area contributed by atoms with Gasteiger partial charge in [-0.15, -0.1) is 0 Å². The lowest BCUT2D eigenvalue weighted by molar-refractivity contribution is 0.132. The van der Waals surface area contributed by atoms with E-state index in [2.05, 4.69) is 41.0 Å². The molecule has 8 nitrogen and oxygen atoms in total. The lowest BCUT2D eigenvalue weighted by Gasteiger charge is -2.43. The molecule has 0 aliphatic carbocycles. The van der Waals surface area contributed by atoms with Crippen LogP contribution in [0.15, 0.2) is 24.5 Å². The van der Waals surface area contributed by atoms with Crippen molar-refractivity contribution < 1.29 is 4.79 Å². The summed E-state index contributed by atoms with van der Waals surface area (Å²) in [6.45, 7) is 4.23. The van der Waals surface area contributed by atoms with Gasteiger partial charge in [0.2, 0.25) is 0 Å². The van der Waals surface area contributed by atoms with Gasteiger partial charge < -0.3 is 19.7 Å². The van der Waals surface area contributed by atoms with Gasteiger partial charge in [-0.25, -0.2) is 9.78 Å². The van der Waals surface area contributed by atoms with Crippen LogP contribution in [0.5, 0.6) is 0 Å². The molecular weight excluding hydrogens is 366 g/mol. The van der Waals surface area contributed by atoms with Crippen molar-refractivity contribution in [3.63, 3.8) is 0 Å². The van der Waals surface area contributed by atoms with E-state index in [1.165, 1.54) is 0 Å². The Labute approximate surface area is 170 Å². The molecule has 4 heterocycles. The maximum Gasteiger partial charge on any atom is 0.320 e. The van der Waals surface area contributed by atoms with E-state index >= 15 is 0 Å². The molecule has 2 unspecified atom stereocenters. The van der Waals surface area contributed by atoms with E-state index in [9.17, 15) is 15.3 Å². The minimum Gasteiger partial charge on any atom is -0.369 e. The smallest absolute Gasteiger partial charge is 0.320 e. The molecule has 150 valence electrons. The molecule has 8 heteroatoms. The first-order valence-electron chi connectivity index (χ1n) is 10.0. The van der Waals surface area contributed by atoms with Crippen molar-refractivity contribution in [2.75, 3.05) is 38.1 Å². The number of piperidine rings is 1. The van der Waals surface area contributed by atoms with E-state index in [4.69, 9.17) is 0 Å². The predicted molar refractivity (Wildman–Crippen MR) is 109 cm³/mol. The Kier molecular flexibility index (Phi) is 5.02. The molecule has 2 aliphatic heterocycles. The molecule has 2 aromatic rings. The third-order valence-corrected chi connectivity index (χ3v) is 6.43. The van der Waals surface area contributed by atoms with Gasteiger partial charge in [0.05, 0.1) is 24.0 Å².